The van der Waals surface area contributed by atoms with Crippen molar-refractivity contribution in [2.24, 2.45) is 7.05 Å². The fourth-order valence-electron chi connectivity index (χ4n) is 3.29. The molecule has 3 heterocycles. The third-order valence-corrected chi connectivity index (χ3v) is 4.57. The number of aromatic nitrogens is 2. The van der Waals surface area contributed by atoms with Crippen molar-refractivity contribution in [3.8, 4) is 5.75 Å². The van der Waals surface area contributed by atoms with Crippen LogP contribution in [-0.4, -0.2) is 58.4 Å². The molecule has 4 rings (SSSR count). The highest BCUT2D eigenvalue weighted by Gasteiger charge is 2.33. The van der Waals surface area contributed by atoms with Crippen LogP contribution >= 0.6 is 0 Å². The maximum Gasteiger partial charge on any atom is 0.254 e. The Morgan fingerprint density at radius 3 is 3.00 bits per heavy atom. The van der Waals surface area contributed by atoms with Crippen molar-refractivity contribution in [2.75, 3.05) is 19.8 Å². The highest BCUT2D eigenvalue weighted by atomic mass is 16.5. The van der Waals surface area contributed by atoms with Gasteiger partial charge in [-0.15, -0.1) is 0 Å². The Balaban J connectivity index is 1.34. The van der Waals surface area contributed by atoms with Crippen LogP contribution in [0, 0.1) is 0 Å². The first-order chi connectivity index (χ1) is 12.6. The standard InChI is InChI=1S/C18H20N4O4/c1-21-8-13(6-19-21)26-16-11-25-10-15(16)20-17(23)9-22-7-12-4-2-3-5-14(12)18(22)24/h2-6,8,15-16H,7,9-11H2,1H3,(H,20,23)/t15-,16+/m0/s1. The van der Waals surface area contributed by atoms with E-state index in [1.807, 2.05) is 25.2 Å². The Labute approximate surface area is 150 Å². The second kappa shape index (κ2) is 6.80. The third kappa shape index (κ3) is 3.28. The number of amides is 2. The van der Waals surface area contributed by atoms with E-state index in [-0.39, 0.29) is 30.5 Å². The minimum atomic E-state index is -0.283. The summed E-state index contributed by atoms with van der Waals surface area (Å²) in [7, 11) is 1.81. The van der Waals surface area contributed by atoms with Gasteiger partial charge >= 0.3 is 0 Å². The van der Waals surface area contributed by atoms with Gasteiger partial charge in [0, 0.05) is 19.2 Å². The van der Waals surface area contributed by atoms with Crippen LogP contribution in [0.3, 0.4) is 0 Å². The molecule has 26 heavy (non-hydrogen) atoms. The van der Waals surface area contributed by atoms with E-state index < -0.39 is 0 Å². The van der Waals surface area contributed by atoms with Gasteiger partial charge in [-0.3, -0.25) is 14.3 Å². The molecule has 2 aliphatic heterocycles. The van der Waals surface area contributed by atoms with Gasteiger partial charge in [0.2, 0.25) is 5.91 Å². The van der Waals surface area contributed by atoms with Gasteiger partial charge in [-0.2, -0.15) is 5.10 Å². The molecule has 2 atom stereocenters. The molecular formula is C18H20N4O4. The zero-order chi connectivity index (χ0) is 18.1. The molecule has 0 unspecified atom stereocenters. The smallest absolute Gasteiger partial charge is 0.254 e. The summed E-state index contributed by atoms with van der Waals surface area (Å²) >= 11 is 0. The average Bonchev–Trinajstić information content (AvgIpc) is 3.30. The molecule has 2 aliphatic rings. The highest BCUT2D eigenvalue weighted by Crippen LogP contribution is 2.22. The molecule has 136 valence electrons. The van der Waals surface area contributed by atoms with Gasteiger partial charge in [0.05, 0.1) is 31.6 Å². The summed E-state index contributed by atoms with van der Waals surface area (Å²) in [6, 6.07) is 7.16. The van der Waals surface area contributed by atoms with Crippen LogP contribution in [0.15, 0.2) is 36.7 Å². The largest absolute Gasteiger partial charge is 0.482 e. The summed E-state index contributed by atoms with van der Waals surface area (Å²) in [5.41, 5.74) is 1.62. The molecule has 1 N–H and O–H groups in total. The fraction of sp³-hybridized carbons (Fsp3) is 0.389. The lowest BCUT2D eigenvalue weighted by atomic mass is 10.1. The second-order valence-corrected chi connectivity index (χ2v) is 6.54. The van der Waals surface area contributed by atoms with Gasteiger partial charge in [0.15, 0.2) is 5.75 Å². The molecular weight excluding hydrogens is 336 g/mol. The van der Waals surface area contributed by atoms with E-state index in [1.165, 1.54) is 0 Å². The van der Waals surface area contributed by atoms with Crippen LogP contribution < -0.4 is 10.1 Å². The van der Waals surface area contributed by atoms with E-state index in [0.717, 1.165) is 5.56 Å². The summed E-state index contributed by atoms with van der Waals surface area (Å²) in [5, 5.41) is 6.98. The van der Waals surface area contributed by atoms with Crippen molar-refractivity contribution >= 4 is 11.8 Å². The van der Waals surface area contributed by atoms with Gasteiger partial charge < -0.3 is 19.7 Å². The summed E-state index contributed by atoms with van der Waals surface area (Å²) in [6.45, 7) is 1.25. The van der Waals surface area contributed by atoms with Crippen LogP contribution in [0.2, 0.25) is 0 Å². The van der Waals surface area contributed by atoms with Crippen LogP contribution in [0.5, 0.6) is 5.75 Å². The lowest BCUT2D eigenvalue weighted by Crippen LogP contribution is -2.48. The maximum atomic E-state index is 12.4. The molecule has 0 aliphatic carbocycles. The van der Waals surface area contributed by atoms with Gasteiger partial charge in [0.1, 0.15) is 12.6 Å². The molecule has 0 spiro atoms. The quantitative estimate of drug-likeness (QED) is 0.835. The second-order valence-electron chi connectivity index (χ2n) is 6.54. The van der Waals surface area contributed by atoms with E-state index in [9.17, 15) is 9.59 Å². The molecule has 8 nitrogen and oxygen atoms in total. The number of fused-ring (bicyclic) bond motifs is 1. The normalized spacial score (nSPS) is 21.7. The molecule has 0 radical (unpaired) electrons. The number of hydrogen-bond acceptors (Lipinski definition) is 5. The topological polar surface area (TPSA) is 85.7 Å². The number of nitrogens with one attached hydrogen (secondary N) is 1. The first-order valence-corrected chi connectivity index (χ1v) is 8.50. The van der Waals surface area contributed by atoms with Crippen molar-refractivity contribution in [3.63, 3.8) is 0 Å². The Morgan fingerprint density at radius 2 is 2.23 bits per heavy atom. The zero-order valence-electron chi connectivity index (χ0n) is 14.4. The minimum absolute atomic E-state index is 0.0175. The van der Waals surface area contributed by atoms with Gasteiger partial charge in [-0.1, -0.05) is 18.2 Å². The van der Waals surface area contributed by atoms with E-state index in [1.54, 1.807) is 28.0 Å². The predicted molar refractivity (Wildman–Crippen MR) is 91.6 cm³/mol. The lowest BCUT2D eigenvalue weighted by molar-refractivity contribution is -0.123. The van der Waals surface area contributed by atoms with Crippen LogP contribution in [-0.2, 0) is 23.1 Å². The number of ether oxygens (including phenoxy) is 2. The first kappa shape index (κ1) is 16.6. The summed E-state index contributed by atoms with van der Waals surface area (Å²) in [5.74, 6) is 0.301. The molecule has 0 saturated carbocycles. The monoisotopic (exact) mass is 356 g/mol. The Hall–Kier alpha value is -2.87. The van der Waals surface area contributed by atoms with Crippen molar-refractivity contribution in [2.45, 2.75) is 18.7 Å². The van der Waals surface area contributed by atoms with E-state index in [4.69, 9.17) is 9.47 Å². The number of aryl methyl sites for hydroxylation is 1. The molecule has 1 fully saturated rings. The van der Waals surface area contributed by atoms with Crippen molar-refractivity contribution in [1.82, 2.24) is 20.0 Å². The van der Waals surface area contributed by atoms with E-state index in [2.05, 4.69) is 10.4 Å². The van der Waals surface area contributed by atoms with Crippen molar-refractivity contribution in [1.29, 1.82) is 0 Å². The third-order valence-electron chi connectivity index (χ3n) is 4.57. The SMILES string of the molecule is Cn1cc(O[C@@H]2COC[C@@H]2NC(=O)CN2Cc3ccccc3C2=O)cn1. The summed E-state index contributed by atoms with van der Waals surface area (Å²) in [4.78, 5) is 26.3. The molecule has 2 amide bonds. The lowest BCUT2D eigenvalue weighted by Gasteiger charge is -2.21. The van der Waals surface area contributed by atoms with Crippen LogP contribution in [0.1, 0.15) is 15.9 Å². The molecule has 1 saturated heterocycles. The predicted octanol–water partition coefficient (Wildman–Crippen LogP) is 0.339. The number of carbonyl (C=O) groups is 2. The number of carbonyl (C=O) groups excluding carboxylic acids is 2. The van der Waals surface area contributed by atoms with Crippen molar-refractivity contribution in [3.05, 3.63) is 47.8 Å². The fourth-order valence-corrected chi connectivity index (χ4v) is 3.29. The minimum Gasteiger partial charge on any atom is -0.482 e. The summed E-state index contributed by atoms with van der Waals surface area (Å²) < 4.78 is 12.9. The highest BCUT2D eigenvalue weighted by molar-refractivity contribution is 6.00. The molecule has 2 aromatic rings. The van der Waals surface area contributed by atoms with Gasteiger partial charge in [-0.05, 0) is 11.6 Å². The van der Waals surface area contributed by atoms with E-state index in [0.29, 0.717) is 31.1 Å². The number of benzene rings is 1. The zero-order valence-corrected chi connectivity index (χ0v) is 14.4. The van der Waals surface area contributed by atoms with Gasteiger partial charge in [-0.25, -0.2) is 0 Å². The molecule has 1 aromatic carbocycles. The van der Waals surface area contributed by atoms with Crippen molar-refractivity contribution < 1.29 is 19.1 Å². The van der Waals surface area contributed by atoms with Crippen LogP contribution in [0.4, 0.5) is 0 Å². The molecule has 1 aromatic heterocycles. The molecule has 0 bridgehead atoms. The maximum absolute atomic E-state index is 12.4. The Morgan fingerprint density at radius 1 is 1.38 bits per heavy atom. The Kier molecular flexibility index (Phi) is 4.34. The Bertz CT molecular complexity index is 834. The first-order valence-electron chi connectivity index (χ1n) is 8.50. The van der Waals surface area contributed by atoms with Crippen LogP contribution in [0.25, 0.3) is 0 Å². The summed E-state index contributed by atoms with van der Waals surface area (Å²) in [6.07, 6.45) is 3.10. The molecule has 8 heteroatoms. The average molecular weight is 356 g/mol. The number of nitrogens with zero attached hydrogens (tertiary/aromatic N) is 3. The number of rotatable bonds is 5. The van der Waals surface area contributed by atoms with E-state index >= 15 is 0 Å². The van der Waals surface area contributed by atoms with Gasteiger partial charge in [0.25, 0.3) is 5.91 Å². The number of hydrogen-bond donors (Lipinski definition) is 1.